The highest BCUT2D eigenvalue weighted by atomic mass is 16.5. The minimum Gasteiger partial charge on any atom is -0.371 e. The number of nitrogens with zero attached hydrogens (tertiary/aromatic N) is 3. The minimum atomic E-state index is -0.160. The van der Waals surface area contributed by atoms with E-state index in [1.54, 1.807) is 0 Å². The van der Waals surface area contributed by atoms with Crippen molar-refractivity contribution in [1.82, 2.24) is 14.7 Å². The maximum absolute atomic E-state index is 13.3. The number of hydrogen-bond donors (Lipinski definition) is 0. The lowest BCUT2D eigenvalue weighted by Gasteiger charge is -2.41. The lowest BCUT2D eigenvalue weighted by atomic mass is 9.76. The molecule has 0 aromatic carbocycles. The molecule has 1 aromatic rings. The Labute approximate surface area is 151 Å². The fourth-order valence-corrected chi connectivity index (χ4v) is 4.23. The van der Waals surface area contributed by atoms with Crippen molar-refractivity contribution in [2.75, 3.05) is 19.7 Å². The number of carbonyl (C=O) groups is 1. The molecule has 0 bridgehead atoms. The van der Waals surface area contributed by atoms with Gasteiger partial charge in [-0.3, -0.25) is 9.48 Å². The summed E-state index contributed by atoms with van der Waals surface area (Å²) in [6, 6.07) is 2.27. The van der Waals surface area contributed by atoms with E-state index in [1.807, 2.05) is 16.9 Å². The number of hydrogen-bond acceptors (Lipinski definition) is 3. The van der Waals surface area contributed by atoms with E-state index in [-0.39, 0.29) is 29.4 Å². The Bertz CT molecular complexity index is 602. The molecule has 0 saturated carbocycles. The summed E-state index contributed by atoms with van der Waals surface area (Å²) in [6.45, 7) is 13.5. The second kappa shape index (κ2) is 7.10. The van der Waals surface area contributed by atoms with Gasteiger partial charge in [0.2, 0.25) is 5.91 Å². The molecule has 5 nitrogen and oxygen atoms in total. The Balaban J connectivity index is 1.76. The van der Waals surface area contributed by atoms with Gasteiger partial charge in [-0.05, 0) is 50.5 Å². The number of amides is 1. The third-order valence-corrected chi connectivity index (χ3v) is 5.85. The lowest BCUT2D eigenvalue weighted by Crippen LogP contribution is -2.46. The quantitative estimate of drug-likeness (QED) is 0.835. The standard InChI is InChI=1S/C20H33N3O2/c1-14(2)23-17(8-10-21-23)18-16(9-12-25-18)19(24)22-11-6-7-15(13-22)20(3,4)5/h8,10,14-16,18H,6-7,9,11-13H2,1-5H3/t15-,16+,18+/m1/s1. The van der Waals surface area contributed by atoms with Gasteiger partial charge >= 0.3 is 0 Å². The van der Waals surface area contributed by atoms with Crippen molar-refractivity contribution in [3.8, 4) is 0 Å². The number of likely N-dealkylation sites (tertiary alicyclic amines) is 1. The summed E-state index contributed by atoms with van der Waals surface area (Å²) in [5, 5.41) is 4.42. The topological polar surface area (TPSA) is 47.4 Å². The summed E-state index contributed by atoms with van der Waals surface area (Å²) >= 11 is 0. The average molecular weight is 348 g/mol. The van der Waals surface area contributed by atoms with E-state index in [1.165, 1.54) is 6.42 Å². The molecule has 0 aliphatic carbocycles. The maximum atomic E-state index is 13.3. The minimum absolute atomic E-state index is 0.0760. The van der Waals surface area contributed by atoms with Gasteiger partial charge in [-0.1, -0.05) is 20.8 Å². The van der Waals surface area contributed by atoms with Gasteiger partial charge in [0.05, 0.1) is 11.6 Å². The van der Waals surface area contributed by atoms with Crippen LogP contribution in [0.4, 0.5) is 0 Å². The molecule has 1 aromatic heterocycles. The fraction of sp³-hybridized carbons (Fsp3) is 0.800. The largest absolute Gasteiger partial charge is 0.371 e. The molecule has 2 aliphatic rings. The Morgan fingerprint density at radius 3 is 2.76 bits per heavy atom. The van der Waals surface area contributed by atoms with Gasteiger partial charge in [0, 0.05) is 31.9 Å². The molecule has 2 saturated heterocycles. The third-order valence-electron chi connectivity index (χ3n) is 5.85. The molecule has 0 unspecified atom stereocenters. The maximum Gasteiger partial charge on any atom is 0.228 e. The van der Waals surface area contributed by atoms with Gasteiger partial charge in [-0.2, -0.15) is 5.10 Å². The normalized spacial score (nSPS) is 27.9. The van der Waals surface area contributed by atoms with Crippen molar-refractivity contribution < 1.29 is 9.53 Å². The van der Waals surface area contributed by atoms with Crippen molar-refractivity contribution >= 4 is 5.91 Å². The molecule has 140 valence electrons. The van der Waals surface area contributed by atoms with Crippen LogP contribution in [0.25, 0.3) is 0 Å². The van der Waals surface area contributed by atoms with Crippen LogP contribution in [0, 0.1) is 17.3 Å². The Kier molecular flexibility index (Phi) is 5.24. The molecule has 3 heterocycles. The molecule has 0 spiro atoms. The lowest BCUT2D eigenvalue weighted by molar-refractivity contribution is -0.140. The first kappa shape index (κ1) is 18.4. The second-order valence-electron chi connectivity index (χ2n) is 8.97. The molecular formula is C20H33N3O2. The molecule has 2 aliphatic heterocycles. The summed E-state index contributed by atoms with van der Waals surface area (Å²) < 4.78 is 7.99. The molecule has 5 heteroatoms. The van der Waals surface area contributed by atoms with E-state index in [0.717, 1.165) is 31.6 Å². The van der Waals surface area contributed by atoms with Gasteiger partial charge in [0.15, 0.2) is 0 Å². The van der Waals surface area contributed by atoms with Crippen LogP contribution in [0.2, 0.25) is 0 Å². The fourth-order valence-electron chi connectivity index (χ4n) is 4.23. The van der Waals surface area contributed by atoms with Gasteiger partial charge in [0.1, 0.15) is 6.10 Å². The Morgan fingerprint density at radius 2 is 2.08 bits per heavy atom. The van der Waals surface area contributed by atoms with Crippen molar-refractivity contribution in [3.05, 3.63) is 18.0 Å². The molecule has 3 rings (SSSR count). The van der Waals surface area contributed by atoms with Gasteiger partial charge in [0.25, 0.3) is 0 Å². The van der Waals surface area contributed by atoms with Crippen molar-refractivity contribution in [1.29, 1.82) is 0 Å². The van der Waals surface area contributed by atoms with Crippen LogP contribution in [-0.2, 0) is 9.53 Å². The number of carbonyl (C=O) groups excluding carboxylic acids is 1. The van der Waals surface area contributed by atoms with Crippen LogP contribution >= 0.6 is 0 Å². The van der Waals surface area contributed by atoms with Crippen molar-refractivity contribution in [2.45, 2.75) is 66.0 Å². The highest BCUT2D eigenvalue weighted by molar-refractivity contribution is 5.80. The smallest absolute Gasteiger partial charge is 0.228 e. The molecular weight excluding hydrogens is 314 g/mol. The number of aromatic nitrogens is 2. The van der Waals surface area contributed by atoms with Crippen molar-refractivity contribution in [2.24, 2.45) is 17.3 Å². The zero-order chi connectivity index (χ0) is 18.2. The first-order valence-corrected chi connectivity index (χ1v) is 9.73. The SMILES string of the molecule is CC(C)n1nccc1[C@H]1OCC[C@@H]1C(=O)N1CCC[C@@H](C(C)(C)C)C1. The zero-order valence-corrected chi connectivity index (χ0v) is 16.4. The van der Waals surface area contributed by atoms with Gasteiger partial charge < -0.3 is 9.64 Å². The Morgan fingerprint density at radius 1 is 1.32 bits per heavy atom. The number of ether oxygens (including phenoxy) is 1. The summed E-state index contributed by atoms with van der Waals surface area (Å²) in [7, 11) is 0. The predicted molar refractivity (Wildman–Crippen MR) is 98.2 cm³/mol. The van der Waals surface area contributed by atoms with Gasteiger partial charge in [-0.15, -0.1) is 0 Å². The van der Waals surface area contributed by atoms with Crippen molar-refractivity contribution in [3.63, 3.8) is 0 Å². The molecule has 3 atom stereocenters. The average Bonchev–Trinajstić information content (AvgIpc) is 3.22. The summed E-state index contributed by atoms with van der Waals surface area (Å²) in [6.07, 6.45) is 4.79. The first-order chi connectivity index (χ1) is 11.8. The van der Waals surface area contributed by atoms with Crippen LogP contribution in [0.1, 0.15) is 71.7 Å². The van der Waals surface area contributed by atoms with E-state index in [2.05, 4.69) is 44.6 Å². The highest BCUT2D eigenvalue weighted by Crippen LogP contribution is 2.39. The van der Waals surface area contributed by atoms with E-state index < -0.39 is 0 Å². The molecule has 0 radical (unpaired) electrons. The van der Waals surface area contributed by atoms with E-state index >= 15 is 0 Å². The zero-order valence-electron chi connectivity index (χ0n) is 16.4. The number of piperidine rings is 1. The van der Waals surface area contributed by atoms with Crippen LogP contribution in [0.15, 0.2) is 12.3 Å². The van der Waals surface area contributed by atoms with Crippen LogP contribution in [-0.4, -0.2) is 40.3 Å². The van der Waals surface area contributed by atoms with E-state index in [9.17, 15) is 4.79 Å². The summed E-state index contributed by atoms with van der Waals surface area (Å²) in [5.41, 5.74) is 1.29. The van der Waals surface area contributed by atoms with Crippen LogP contribution in [0.3, 0.4) is 0 Å². The molecule has 0 N–H and O–H groups in total. The molecule has 25 heavy (non-hydrogen) atoms. The second-order valence-corrected chi connectivity index (χ2v) is 8.97. The monoisotopic (exact) mass is 347 g/mol. The third kappa shape index (κ3) is 3.76. The van der Waals surface area contributed by atoms with E-state index in [4.69, 9.17) is 4.74 Å². The summed E-state index contributed by atoms with van der Waals surface area (Å²) in [4.78, 5) is 15.4. The van der Waals surface area contributed by atoms with Crippen LogP contribution < -0.4 is 0 Å². The predicted octanol–water partition coefficient (Wildman–Crippen LogP) is 3.83. The first-order valence-electron chi connectivity index (χ1n) is 9.73. The molecule has 1 amide bonds. The molecule has 2 fully saturated rings. The van der Waals surface area contributed by atoms with E-state index in [0.29, 0.717) is 12.5 Å². The Hall–Kier alpha value is -1.36. The van der Waals surface area contributed by atoms with Crippen LogP contribution in [0.5, 0.6) is 0 Å². The van der Waals surface area contributed by atoms with Gasteiger partial charge in [-0.25, -0.2) is 0 Å². The number of rotatable bonds is 3. The highest BCUT2D eigenvalue weighted by Gasteiger charge is 2.41. The summed E-state index contributed by atoms with van der Waals surface area (Å²) in [5.74, 6) is 0.771.